The number of esters is 3. The van der Waals surface area contributed by atoms with Crippen molar-refractivity contribution in [1.29, 1.82) is 0 Å². The highest BCUT2D eigenvalue weighted by atomic mass is 35.6. The molecule has 22 nitrogen and oxygen atoms in total. The quantitative estimate of drug-likeness (QED) is 0.0252. The molecule has 2 aromatic heterocycles. The van der Waals surface area contributed by atoms with Gasteiger partial charge in [-0.15, -0.1) is 0 Å². The monoisotopic (exact) mass is 1570 g/mol. The van der Waals surface area contributed by atoms with Gasteiger partial charge in [0.25, 0.3) is 11.8 Å². The fourth-order valence-electron chi connectivity index (χ4n) is 12.7. The predicted molar refractivity (Wildman–Crippen MR) is 428 cm³/mol. The topological polar surface area (TPSA) is 283 Å². The van der Waals surface area contributed by atoms with Crippen LogP contribution in [0.5, 0.6) is 0 Å². The number of hydrogen-bond donors (Lipinski definition) is 5. The SMILES string of the molecule is CC(=O)O[C@H](C)c1ccc2ccc(/C=C/C(C)(C(=O)N[C@H](C(=O)N[C@@H](C)C(=O)N3CCC[C@@H](C(=O)OCC(Cl)(Cl)Cl)N3)C(C)C)C(C)O[Si](C)(C)C(C)(C)C)cc2n1.CC(C)[C@@H]1CC(=O)C(C)(C(C)C[Si](C)(C)C(C)(C)C)/C=C/c2ccc3ccc(nc3c2)[C@@H](C)OC(=O)[C@@H]2CCCN(N2)C(=O)[C@H](C)NC1=O. The molecule has 7 rings (SSSR count). The van der Waals surface area contributed by atoms with Crippen molar-refractivity contribution >= 4 is 138 Å². The highest BCUT2D eigenvalue weighted by Gasteiger charge is 2.48. The third kappa shape index (κ3) is 23.7. The van der Waals surface area contributed by atoms with Gasteiger partial charge in [0.05, 0.1) is 42.0 Å². The van der Waals surface area contributed by atoms with Crippen LogP contribution in [0.4, 0.5) is 0 Å². The Kier molecular flexibility index (Phi) is 30.4. The molecule has 0 radical (unpaired) electrons. The van der Waals surface area contributed by atoms with Gasteiger partial charge in [-0.3, -0.25) is 53.2 Å². The number of carbonyl (C=O) groups is 9. The van der Waals surface area contributed by atoms with Crippen LogP contribution < -0.4 is 26.8 Å². The van der Waals surface area contributed by atoms with E-state index in [1.165, 1.54) is 23.9 Å². The molecule has 12 atom stereocenters. The molecule has 2 saturated heterocycles. The highest BCUT2D eigenvalue weighted by molar-refractivity contribution is 6.80. The van der Waals surface area contributed by atoms with Crippen LogP contribution in [0.25, 0.3) is 34.0 Å². The van der Waals surface area contributed by atoms with Crippen molar-refractivity contribution < 1.29 is 61.8 Å². The summed E-state index contributed by atoms with van der Waals surface area (Å²) in [5.41, 5.74) is 8.13. The number of rotatable bonds is 19. The summed E-state index contributed by atoms with van der Waals surface area (Å²) in [6, 6.07) is 15.8. The second kappa shape index (κ2) is 36.5. The molecule has 0 aliphatic carbocycles. The van der Waals surface area contributed by atoms with Gasteiger partial charge < -0.3 is 34.6 Å². The minimum Gasteiger partial charge on any atom is -0.460 e. The molecule has 5 amide bonds. The van der Waals surface area contributed by atoms with Crippen LogP contribution >= 0.6 is 34.8 Å². The summed E-state index contributed by atoms with van der Waals surface area (Å²) in [6.45, 7) is 45.9. The van der Waals surface area contributed by atoms with E-state index in [1.54, 1.807) is 47.6 Å². The molecular weight excluding hydrogens is 1460 g/mol. The number of carbonyl (C=O) groups excluding carboxylic acids is 9. The van der Waals surface area contributed by atoms with E-state index in [0.29, 0.717) is 49.1 Å². The summed E-state index contributed by atoms with van der Waals surface area (Å²) < 4.78 is 21.3. The zero-order valence-corrected chi connectivity index (χ0v) is 71.4. The van der Waals surface area contributed by atoms with Crippen LogP contribution in [0.1, 0.15) is 198 Å². The molecule has 2 aromatic carbocycles. The smallest absolute Gasteiger partial charge is 0.325 e. The van der Waals surface area contributed by atoms with Crippen molar-refractivity contribution in [3.63, 3.8) is 0 Å². The number of ether oxygens (including phenoxy) is 3. The third-order valence-corrected chi connectivity index (χ3v) is 32.9. The molecule has 4 unspecified atom stereocenters. The second-order valence-corrected chi connectivity index (χ2v) is 46.6. The summed E-state index contributed by atoms with van der Waals surface area (Å²) in [7, 11) is -4.18. The number of Topliss-reactive ketones (excluding diaryl/α,β-unsaturated/α-hetero) is 1. The number of hydrogen-bond acceptors (Lipinski definition) is 17. The molecule has 5 bridgehead atoms. The highest BCUT2D eigenvalue weighted by Crippen LogP contribution is 2.47. The number of alkyl halides is 3. The minimum atomic E-state index is -2.39. The zero-order chi connectivity index (χ0) is 80.4. The maximum absolute atomic E-state index is 14.6. The fraction of sp³-hybridized carbons (Fsp3) is 0.613. The average molecular weight is 1580 g/mol. The van der Waals surface area contributed by atoms with Crippen molar-refractivity contribution in [2.45, 2.75) is 258 Å². The molecule has 3 aliphatic heterocycles. The number of hydrazine groups is 2. The number of halogens is 3. The Morgan fingerprint density at radius 2 is 1.40 bits per heavy atom. The molecule has 3 aliphatic rings. The van der Waals surface area contributed by atoms with Crippen molar-refractivity contribution in [3.8, 4) is 0 Å². The fourth-order valence-corrected chi connectivity index (χ4v) is 16.9. The molecule has 4 aromatic rings. The van der Waals surface area contributed by atoms with Crippen LogP contribution in [0.15, 0.2) is 72.8 Å². The summed E-state index contributed by atoms with van der Waals surface area (Å²) in [6.07, 6.45) is 7.98. The summed E-state index contributed by atoms with van der Waals surface area (Å²) in [5.74, 6) is -4.76. The van der Waals surface area contributed by atoms with Crippen LogP contribution in [0, 0.1) is 34.5 Å². The summed E-state index contributed by atoms with van der Waals surface area (Å²) in [4.78, 5) is 131. The predicted octanol–water partition coefficient (Wildman–Crippen LogP) is 14.6. The van der Waals surface area contributed by atoms with Crippen LogP contribution in [-0.2, 0) is 61.8 Å². The average Bonchev–Trinajstić information content (AvgIpc) is 0.991. The van der Waals surface area contributed by atoms with Crippen molar-refractivity contribution in [1.82, 2.24) is 46.8 Å². The number of nitrogens with one attached hydrogen (secondary N) is 5. The minimum absolute atomic E-state index is 0.0138. The van der Waals surface area contributed by atoms with Crippen molar-refractivity contribution in [3.05, 3.63) is 95.3 Å². The lowest BCUT2D eigenvalue weighted by atomic mass is 9.71. The third-order valence-electron chi connectivity index (χ3n) is 22.4. The standard InChI is InChI=1S/C41H60Cl3N5O8Si.C39H58N4O5Si/c1-24(2)34(35(51)45-25(3)36(52)49-21-13-14-32(48-49)37(53)55-23-41(42,43)44)47-38(54)40(10,27(5)57-58(11,12)39(7,8)9)20-19-29-15-16-30-17-18-31(46-33(30)22-29)26(4)56-28(6)50;1-24(2)30-22-34(44)39(9,25(3)23-49(10,11)38(6,7)8)19-18-28-14-15-29-16-17-31(41-33(29)21-28)27(5)48-37(47)32-13-12-20-43(42-32)36(46)26(4)40-35(30)45/h15-20,22,24-27,32,34,48H,13-14,21,23H2,1-12H3,(H,45,51)(H,47,54);14-19,21,24-27,30,32,42H,12-13,20,22-23H2,1-11H3,(H,40,45)/b20-19+;19-18+/t25-,26+,27?,32-,34-,40?;25?,26-,27+,30-,32-,39?/m00/s1. The molecule has 5 N–H and O–H groups in total. The van der Waals surface area contributed by atoms with E-state index >= 15 is 0 Å². The van der Waals surface area contributed by atoms with E-state index < -0.39 is 128 Å². The maximum Gasteiger partial charge on any atom is 0.325 e. The maximum atomic E-state index is 14.6. The van der Waals surface area contributed by atoms with Crippen LogP contribution in [-0.4, -0.2) is 149 Å². The van der Waals surface area contributed by atoms with E-state index in [2.05, 4.69) is 101 Å². The van der Waals surface area contributed by atoms with Gasteiger partial charge in [-0.25, -0.2) is 20.8 Å². The molecule has 27 heteroatoms. The van der Waals surface area contributed by atoms with Crippen LogP contribution in [0.3, 0.4) is 0 Å². The van der Waals surface area contributed by atoms with E-state index in [1.807, 2.05) is 107 Å². The molecule has 2 fully saturated rings. The summed E-state index contributed by atoms with van der Waals surface area (Å²) >= 11 is 17.1. The lowest BCUT2D eigenvalue weighted by molar-refractivity contribution is -0.157. The normalized spacial score (nSPS) is 22.9. The number of pyridine rings is 2. The lowest BCUT2D eigenvalue weighted by Crippen LogP contribution is -2.61. The lowest BCUT2D eigenvalue weighted by Gasteiger charge is -2.43. The Hall–Kier alpha value is -6.65. The number of cyclic esters (lactones) is 1. The second-order valence-electron chi connectivity index (χ2n) is 33.7. The largest absolute Gasteiger partial charge is 0.460 e. The number of benzene rings is 2. The Bertz CT molecular complexity index is 3950. The van der Waals surface area contributed by atoms with Gasteiger partial charge in [0.1, 0.15) is 54.8 Å². The van der Waals surface area contributed by atoms with Crippen LogP contribution in [0.2, 0.25) is 42.3 Å². The Morgan fingerprint density at radius 3 is 2.01 bits per heavy atom. The van der Waals surface area contributed by atoms with Gasteiger partial charge in [0.15, 0.2) is 8.32 Å². The van der Waals surface area contributed by atoms with E-state index in [0.717, 1.165) is 33.5 Å². The number of allylic oxidation sites excluding steroid dienone is 1. The van der Waals surface area contributed by atoms with Gasteiger partial charge in [-0.1, -0.05) is 191 Å². The van der Waals surface area contributed by atoms with Gasteiger partial charge in [0.2, 0.25) is 21.5 Å². The van der Waals surface area contributed by atoms with E-state index in [-0.39, 0.29) is 58.4 Å². The molecule has 107 heavy (non-hydrogen) atoms. The van der Waals surface area contributed by atoms with Gasteiger partial charge in [-0.05, 0) is 150 Å². The number of aromatic nitrogens is 2. The first-order chi connectivity index (χ1) is 49.4. The number of amides is 5. The Labute approximate surface area is 650 Å². The molecular formula is C80H118Cl3N9O13Si2. The van der Waals surface area contributed by atoms with Crippen molar-refractivity contribution in [2.75, 3.05) is 19.7 Å². The number of ketones is 1. The molecule has 590 valence electrons. The number of nitrogens with zero attached hydrogens (tertiary/aromatic N) is 4. The van der Waals surface area contributed by atoms with E-state index in [9.17, 15) is 43.2 Å². The zero-order valence-electron chi connectivity index (χ0n) is 67.1. The molecule has 0 spiro atoms. The van der Waals surface area contributed by atoms with Gasteiger partial charge in [0, 0.05) is 48.5 Å². The first kappa shape index (κ1) is 89.2. The Balaban J connectivity index is 0.000000339. The van der Waals surface area contributed by atoms with E-state index in [4.69, 9.17) is 63.4 Å². The first-order valence-electron chi connectivity index (χ1n) is 37.5. The first-order valence-corrected chi connectivity index (χ1v) is 44.7. The summed E-state index contributed by atoms with van der Waals surface area (Å²) in [5, 5.41) is 13.2. The molecule has 0 saturated carbocycles. The van der Waals surface area contributed by atoms with Gasteiger partial charge >= 0.3 is 17.9 Å². The molecule has 5 heterocycles. The number of fused-ring (bicyclic) bond motifs is 5. The van der Waals surface area contributed by atoms with Gasteiger partial charge in [-0.2, -0.15) is 0 Å². The van der Waals surface area contributed by atoms with Crippen molar-refractivity contribution in [2.24, 2.45) is 34.5 Å². The Morgan fingerprint density at radius 1 is 0.785 bits per heavy atom.